The van der Waals surface area contributed by atoms with Gasteiger partial charge in [-0.25, -0.2) is 4.98 Å². The topological polar surface area (TPSA) is 81.2 Å². The van der Waals surface area contributed by atoms with Gasteiger partial charge in [0.25, 0.3) is 0 Å². The van der Waals surface area contributed by atoms with Gasteiger partial charge in [-0.05, 0) is 26.2 Å². The number of hydrogen-bond acceptors (Lipinski definition) is 5. The number of carbonyl (C=O) groups excluding carboxylic acids is 2. The van der Waals surface area contributed by atoms with Gasteiger partial charge in [-0.2, -0.15) is 0 Å². The summed E-state index contributed by atoms with van der Waals surface area (Å²) >= 11 is 0. The Morgan fingerprint density at radius 1 is 1.14 bits per heavy atom. The van der Waals surface area contributed by atoms with Gasteiger partial charge in [0.2, 0.25) is 5.91 Å². The maximum absolute atomic E-state index is 12.4. The van der Waals surface area contributed by atoms with E-state index in [0.717, 1.165) is 0 Å². The molecule has 0 spiro atoms. The minimum atomic E-state index is -0.932. The van der Waals surface area contributed by atoms with Crippen LogP contribution in [0.2, 0.25) is 0 Å². The summed E-state index contributed by atoms with van der Waals surface area (Å²) in [5.74, 6) is -1.62. The normalized spacial score (nSPS) is 13.4. The van der Waals surface area contributed by atoms with Gasteiger partial charge in [-0.3, -0.25) is 14.6 Å². The fourth-order valence-corrected chi connectivity index (χ4v) is 1.78. The summed E-state index contributed by atoms with van der Waals surface area (Å²) in [5, 5.41) is 2.60. The van der Waals surface area contributed by atoms with Crippen molar-refractivity contribution in [3.05, 3.63) is 18.6 Å². The van der Waals surface area contributed by atoms with Crippen molar-refractivity contribution in [3.8, 4) is 0 Å². The summed E-state index contributed by atoms with van der Waals surface area (Å²) in [6, 6.07) is 0. The second-order valence-corrected chi connectivity index (χ2v) is 6.91. The summed E-state index contributed by atoms with van der Waals surface area (Å²) in [6.45, 7) is 10.8. The molecule has 1 rings (SSSR count). The number of amides is 1. The third-order valence-corrected chi connectivity index (χ3v) is 2.59. The molecule has 1 atom stereocenters. The lowest BCUT2D eigenvalue weighted by atomic mass is 9.80. The fraction of sp³-hybridized carbons (Fsp3) is 0.600. The minimum absolute atomic E-state index is 0.306. The van der Waals surface area contributed by atoms with Crippen LogP contribution in [-0.2, 0) is 14.3 Å². The number of ether oxygens (including phenoxy) is 1. The standard InChI is InChI=1S/C15H23N3O3/c1-14(2,3)11(13(20)21-15(4,5)6)12(19)18-10-9-16-7-8-17-10/h7-9,11H,1-6H3,(H,17,18,19)/t11-/m0/s1. The van der Waals surface area contributed by atoms with E-state index in [1.807, 2.05) is 20.8 Å². The van der Waals surface area contributed by atoms with Gasteiger partial charge >= 0.3 is 5.97 Å². The number of aromatic nitrogens is 2. The Labute approximate surface area is 125 Å². The van der Waals surface area contributed by atoms with Gasteiger partial charge in [0.1, 0.15) is 11.5 Å². The molecule has 1 aromatic heterocycles. The minimum Gasteiger partial charge on any atom is -0.459 e. The number of carbonyl (C=O) groups is 2. The van der Waals surface area contributed by atoms with Crippen molar-refractivity contribution in [3.63, 3.8) is 0 Å². The van der Waals surface area contributed by atoms with Crippen molar-refractivity contribution in [2.75, 3.05) is 5.32 Å². The molecule has 0 bridgehead atoms. The lowest BCUT2D eigenvalue weighted by Gasteiger charge is -2.30. The van der Waals surface area contributed by atoms with Gasteiger partial charge in [0.15, 0.2) is 5.82 Å². The molecule has 6 heteroatoms. The Morgan fingerprint density at radius 2 is 1.76 bits per heavy atom. The molecule has 1 heterocycles. The summed E-state index contributed by atoms with van der Waals surface area (Å²) in [7, 11) is 0. The van der Waals surface area contributed by atoms with Crippen LogP contribution in [0.25, 0.3) is 0 Å². The Balaban J connectivity index is 2.93. The quantitative estimate of drug-likeness (QED) is 0.683. The number of nitrogens with zero attached hydrogens (tertiary/aromatic N) is 2. The molecule has 6 nitrogen and oxygen atoms in total. The molecule has 0 aliphatic carbocycles. The largest absolute Gasteiger partial charge is 0.459 e. The van der Waals surface area contributed by atoms with Crippen LogP contribution in [0.3, 0.4) is 0 Å². The predicted octanol–water partition coefficient (Wildman–Crippen LogP) is 2.42. The first-order valence-corrected chi connectivity index (χ1v) is 6.80. The number of rotatable bonds is 3. The fourth-order valence-electron chi connectivity index (χ4n) is 1.78. The van der Waals surface area contributed by atoms with E-state index >= 15 is 0 Å². The molecule has 21 heavy (non-hydrogen) atoms. The molecule has 1 N–H and O–H groups in total. The molecule has 0 aromatic carbocycles. The Morgan fingerprint density at radius 3 is 2.19 bits per heavy atom. The van der Waals surface area contributed by atoms with Crippen LogP contribution >= 0.6 is 0 Å². The smallest absolute Gasteiger partial charge is 0.319 e. The van der Waals surface area contributed by atoms with E-state index in [2.05, 4.69) is 15.3 Å². The Bertz CT molecular complexity index is 501. The van der Waals surface area contributed by atoms with E-state index in [9.17, 15) is 9.59 Å². The maximum atomic E-state index is 12.4. The maximum Gasteiger partial charge on any atom is 0.319 e. The molecular formula is C15H23N3O3. The first kappa shape index (κ1) is 17.1. The van der Waals surface area contributed by atoms with Crippen molar-refractivity contribution in [2.45, 2.75) is 47.1 Å². The van der Waals surface area contributed by atoms with Crippen LogP contribution in [-0.4, -0.2) is 27.4 Å². The van der Waals surface area contributed by atoms with Crippen molar-refractivity contribution >= 4 is 17.7 Å². The van der Waals surface area contributed by atoms with Gasteiger partial charge < -0.3 is 10.1 Å². The van der Waals surface area contributed by atoms with Gasteiger partial charge in [0, 0.05) is 12.4 Å². The molecular weight excluding hydrogens is 270 g/mol. The lowest BCUT2D eigenvalue weighted by molar-refractivity contribution is -0.165. The van der Waals surface area contributed by atoms with Crippen LogP contribution in [0.1, 0.15) is 41.5 Å². The lowest BCUT2D eigenvalue weighted by Crippen LogP contribution is -2.42. The van der Waals surface area contributed by atoms with Gasteiger partial charge in [-0.15, -0.1) is 0 Å². The van der Waals surface area contributed by atoms with Crippen LogP contribution in [0, 0.1) is 11.3 Å². The van der Waals surface area contributed by atoms with Crippen molar-refractivity contribution in [1.82, 2.24) is 9.97 Å². The van der Waals surface area contributed by atoms with Gasteiger partial charge in [0.05, 0.1) is 6.20 Å². The average Bonchev–Trinajstić information content (AvgIpc) is 2.25. The van der Waals surface area contributed by atoms with Crippen molar-refractivity contribution in [1.29, 1.82) is 0 Å². The molecule has 0 radical (unpaired) electrons. The summed E-state index contributed by atoms with van der Waals surface area (Å²) in [5.41, 5.74) is -1.22. The van der Waals surface area contributed by atoms with Crippen LogP contribution in [0.4, 0.5) is 5.82 Å². The predicted molar refractivity (Wildman–Crippen MR) is 79.5 cm³/mol. The second kappa shape index (κ2) is 6.20. The Hall–Kier alpha value is -1.98. The summed E-state index contributed by atoms with van der Waals surface area (Å²) < 4.78 is 5.35. The molecule has 0 saturated carbocycles. The van der Waals surface area contributed by atoms with Gasteiger partial charge in [-0.1, -0.05) is 20.8 Å². The third-order valence-electron chi connectivity index (χ3n) is 2.59. The van der Waals surface area contributed by atoms with Crippen molar-refractivity contribution < 1.29 is 14.3 Å². The van der Waals surface area contributed by atoms with Crippen LogP contribution < -0.4 is 5.32 Å². The SMILES string of the molecule is CC(C)(C)OC(=O)[C@H](C(=O)Nc1cnccn1)C(C)(C)C. The highest BCUT2D eigenvalue weighted by molar-refractivity contribution is 6.05. The third kappa shape index (κ3) is 5.49. The monoisotopic (exact) mass is 293 g/mol. The van der Waals surface area contributed by atoms with E-state index in [-0.39, 0.29) is 0 Å². The molecule has 0 aliphatic rings. The summed E-state index contributed by atoms with van der Waals surface area (Å²) in [6.07, 6.45) is 4.40. The molecule has 1 amide bonds. The molecule has 0 aliphatic heterocycles. The van der Waals surface area contributed by atoms with E-state index in [1.165, 1.54) is 18.6 Å². The molecule has 0 saturated heterocycles. The van der Waals surface area contributed by atoms with Crippen molar-refractivity contribution in [2.24, 2.45) is 11.3 Å². The summed E-state index contributed by atoms with van der Waals surface area (Å²) in [4.78, 5) is 32.6. The molecule has 116 valence electrons. The van der Waals surface area contributed by atoms with Crippen LogP contribution in [0.15, 0.2) is 18.6 Å². The number of hydrogen-bond donors (Lipinski definition) is 1. The number of esters is 1. The zero-order valence-electron chi connectivity index (χ0n) is 13.4. The van der Waals surface area contributed by atoms with Crippen LogP contribution in [0.5, 0.6) is 0 Å². The zero-order valence-corrected chi connectivity index (χ0v) is 13.4. The number of nitrogens with one attached hydrogen (secondary N) is 1. The van der Waals surface area contributed by atoms with E-state index < -0.39 is 28.8 Å². The molecule has 1 aromatic rings. The van der Waals surface area contributed by atoms with E-state index in [0.29, 0.717) is 5.82 Å². The first-order chi connectivity index (χ1) is 9.50. The molecule has 0 unspecified atom stereocenters. The Kier molecular flexibility index (Phi) is 5.04. The first-order valence-electron chi connectivity index (χ1n) is 6.80. The second-order valence-electron chi connectivity index (χ2n) is 6.91. The highest BCUT2D eigenvalue weighted by atomic mass is 16.6. The average molecular weight is 293 g/mol. The van der Waals surface area contributed by atoms with E-state index in [1.54, 1.807) is 20.8 Å². The zero-order chi connectivity index (χ0) is 16.3. The number of anilines is 1. The molecule has 0 fully saturated rings. The van der Waals surface area contributed by atoms with E-state index in [4.69, 9.17) is 4.74 Å². The highest BCUT2D eigenvalue weighted by Crippen LogP contribution is 2.29. The highest BCUT2D eigenvalue weighted by Gasteiger charge is 2.40.